The predicted molar refractivity (Wildman–Crippen MR) is 101 cm³/mol. The van der Waals surface area contributed by atoms with Crippen LogP contribution in [-0.2, 0) is 0 Å². The van der Waals surface area contributed by atoms with Crippen LogP contribution in [0.15, 0.2) is 101 Å². The number of rotatable bonds is 4. The van der Waals surface area contributed by atoms with Crippen molar-refractivity contribution in [1.29, 1.82) is 0 Å². The first-order valence-electron chi connectivity index (χ1n) is 8.27. The normalized spacial score (nSPS) is 11.5. The van der Waals surface area contributed by atoms with Gasteiger partial charge < -0.3 is 9.73 Å². The fourth-order valence-electron chi connectivity index (χ4n) is 2.95. The number of aromatic nitrogens is 1. The summed E-state index contributed by atoms with van der Waals surface area (Å²) >= 11 is 0. The number of benzene rings is 3. The van der Waals surface area contributed by atoms with E-state index in [1.54, 1.807) is 0 Å². The van der Waals surface area contributed by atoms with Crippen molar-refractivity contribution < 1.29 is 9.73 Å². The van der Waals surface area contributed by atoms with Gasteiger partial charge in [0.25, 0.3) is 0 Å². The Morgan fingerprint density at radius 2 is 1.27 bits per heavy atom. The molecule has 0 atom stereocenters. The topological polar surface area (TPSA) is 58.6 Å². The molecule has 0 fully saturated rings. The molecule has 4 aromatic rings. The van der Waals surface area contributed by atoms with Crippen molar-refractivity contribution in [2.45, 2.75) is 0 Å². The van der Waals surface area contributed by atoms with Crippen molar-refractivity contribution in [3.63, 3.8) is 0 Å². The molecule has 0 aliphatic carbocycles. The highest BCUT2D eigenvalue weighted by Crippen LogP contribution is 2.35. The van der Waals surface area contributed by atoms with E-state index in [0.717, 1.165) is 22.3 Å². The van der Waals surface area contributed by atoms with Gasteiger partial charge in [0.1, 0.15) is 5.69 Å². The highest BCUT2D eigenvalue weighted by Gasteiger charge is 2.24. The smallest absolute Gasteiger partial charge is 0.197 e. The Hall–Kier alpha value is -3.66. The van der Waals surface area contributed by atoms with Gasteiger partial charge in [-0.05, 0) is 5.56 Å². The van der Waals surface area contributed by atoms with E-state index < -0.39 is 0 Å². The van der Waals surface area contributed by atoms with Gasteiger partial charge in [0.2, 0.25) is 0 Å². The average Bonchev–Trinajstić information content (AvgIpc) is 3.15. The number of hydrogen-bond donors (Lipinski definition) is 1. The van der Waals surface area contributed by atoms with Crippen LogP contribution in [0.4, 0.5) is 0 Å². The van der Waals surface area contributed by atoms with Gasteiger partial charge in [0.05, 0.1) is 5.56 Å². The van der Waals surface area contributed by atoms with E-state index >= 15 is 0 Å². The van der Waals surface area contributed by atoms with E-state index in [-0.39, 0.29) is 0 Å². The molecule has 0 amide bonds. The Morgan fingerprint density at radius 1 is 0.731 bits per heavy atom. The second-order valence-electron chi connectivity index (χ2n) is 5.78. The summed E-state index contributed by atoms with van der Waals surface area (Å²) in [6.07, 6.45) is 0. The van der Waals surface area contributed by atoms with Crippen LogP contribution in [0, 0.1) is 0 Å². The first-order chi connectivity index (χ1) is 12.9. The third-order valence-corrected chi connectivity index (χ3v) is 4.16. The lowest BCUT2D eigenvalue weighted by atomic mass is 9.95. The zero-order valence-electron chi connectivity index (χ0n) is 13.9. The lowest BCUT2D eigenvalue weighted by molar-refractivity contribution is 0.316. The molecule has 26 heavy (non-hydrogen) atoms. The maximum absolute atomic E-state index is 9.68. The predicted octanol–water partition coefficient (Wildman–Crippen LogP) is 5.24. The van der Waals surface area contributed by atoms with E-state index in [1.165, 1.54) is 0 Å². The Bertz CT molecular complexity index is 1020. The first kappa shape index (κ1) is 15.8. The van der Waals surface area contributed by atoms with Crippen molar-refractivity contribution >= 4 is 5.71 Å². The van der Waals surface area contributed by atoms with Crippen LogP contribution >= 0.6 is 0 Å². The molecule has 4 heteroatoms. The largest absolute Gasteiger partial charge is 0.410 e. The van der Waals surface area contributed by atoms with Crippen molar-refractivity contribution in [3.05, 3.63) is 102 Å². The molecular weight excluding hydrogens is 324 g/mol. The molecule has 0 saturated heterocycles. The van der Waals surface area contributed by atoms with Crippen molar-refractivity contribution in [1.82, 2.24) is 5.16 Å². The molecule has 0 aliphatic heterocycles. The second-order valence-corrected chi connectivity index (χ2v) is 5.78. The van der Waals surface area contributed by atoms with Crippen LogP contribution in [0.2, 0.25) is 0 Å². The summed E-state index contributed by atoms with van der Waals surface area (Å²) in [7, 11) is 0. The lowest BCUT2D eigenvalue weighted by Gasteiger charge is -2.06. The molecular formula is C22H16N2O2. The van der Waals surface area contributed by atoms with Gasteiger partial charge in [-0.1, -0.05) is 101 Å². The maximum atomic E-state index is 9.68. The van der Waals surface area contributed by atoms with Gasteiger partial charge in [-0.15, -0.1) is 0 Å². The SMILES string of the molecule is ON=C(c1ccccc1)c1onc(-c2ccccc2)c1-c1ccccc1. The minimum Gasteiger partial charge on any atom is -0.410 e. The molecule has 0 unspecified atom stereocenters. The first-order valence-corrected chi connectivity index (χ1v) is 8.27. The summed E-state index contributed by atoms with van der Waals surface area (Å²) in [4.78, 5) is 0. The Labute approximate surface area is 151 Å². The molecule has 0 radical (unpaired) electrons. The van der Waals surface area contributed by atoms with Gasteiger partial charge in [0.15, 0.2) is 11.5 Å². The van der Waals surface area contributed by atoms with Gasteiger partial charge in [-0.3, -0.25) is 0 Å². The monoisotopic (exact) mass is 340 g/mol. The Morgan fingerprint density at radius 3 is 1.85 bits per heavy atom. The Kier molecular flexibility index (Phi) is 4.31. The summed E-state index contributed by atoms with van der Waals surface area (Å²) in [5.74, 6) is 0.434. The molecule has 1 heterocycles. The molecule has 0 bridgehead atoms. The number of nitrogens with zero attached hydrogens (tertiary/aromatic N) is 2. The summed E-state index contributed by atoms with van der Waals surface area (Å²) < 4.78 is 5.67. The minimum atomic E-state index is 0.346. The van der Waals surface area contributed by atoms with E-state index in [9.17, 15) is 5.21 Å². The minimum absolute atomic E-state index is 0.346. The van der Waals surface area contributed by atoms with Crippen LogP contribution in [0.5, 0.6) is 0 Å². The van der Waals surface area contributed by atoms with Crippen molar-refractivity contribution in [3.8, 4) is 22.4 Å². The van der Waals surface area contributed by atoms with Gasteiger partial charge in [-0.2, -0.15) is 0 Å². The van der Waals surface area contributed by atoms with E-state index in [1.807, 2.05) is 91.0 Å². The molecule has 0 aliphatic rings. The third kappa shape index (κ3) is 2.89. The van der Waals surface area contributed by atoms with E-state index in [4.69, 9.17) is 4.52 Å². The average molecular weight is 340 g/mol. The van der Waals surface area contributed by atoms with Gasteiger partial charge in [-0.25, -0.2) is 0 Å². The fourth-order valence-corrected chi connectivity index (χ4v) is 2.95. The van der Waals surface area contributed by atoms with E-state index in [2.05, 4.69) is 10.3 Å². The highest BCUT2D eigenvalue weighted by atomic mass is 16.5. The van der Waals surface area contributed by atoms with E-state index in [0.29, 0.717) is 17.2 Å². The molecule has 0 spiro atoms. The molecule has 4 rings (SSSR count). The molecule has 1 N–H and O–H groups in total. The molecule has 4 nitrogen and oxygen atoms in total. The fraction of sp³-hybridized carbons (Fsp3) is 0. The molecule has 3 aromatic carbocycles. The van der Waals surface area contributed by atoms with Crippen LogP contribution in [0.3, 0.4) is 0 Å². The van der Waals surface area contributed by atoms with Crippen LogP contribution in [-0.4, -0.2) is 16.1 Å². The van der Waals surface area contributed by atoms with Crippen LogP contribution in [0.1, 0.15) is 11.3 Å². The van der Waals surface area contributed by atoms with Crippen LogP contribution < -0.4 is 0 Å². The third-order valence-electron chi connectivity index (χ3n) is 4.16. The zero-order valence-corrected chi connectivity index (χ0v) is 13.9. The van der Waals surface area contributed by atoms with Crippen LogP contribution in [0.25, 0.3) is 22.4 Å². The summed E-state index contributed by atoms with van der Waals surface area (Å²) in [6, 6.07) is 29.1. The van der Waals surface area contributed by atoms with Gasteiger partial charge >= 0.3 is 0 Å². The quantitative estimate of drug-likeness (QED) is 0.314. The second kappa shape index (κ2) is 7.07. The summed E-state index contributed by atoms with van der Waals surface area (Å²) in [5, 5.41) is 17.5. The zero-order chi connectivity index (χ0) is 17.8. The van der Waals surface area contributed by atoms with Gasteiger partial charge in [0, 0.05) is 11.1 Å². The number of hydrogen-bond acceptors (Lipinski definition) is 4. The summed E-state index contributed by atoms with van der Waals surface area (Å²) in [5.41, 5.74) is 4.49. The standard InChI is InChI=1S/C22H16N2O2/c25-23-21(18-14-8-3-9-15-18)22-19(16-10-4-1-5-11-16)20(24-26-22)17-12-6-2-7-13-17/h1-15,25H. The Balaban J connectivity index is 1.95. The molecule has 126 valence electrons. The van der Waals surface area contributed by atoms with Crippen molar-refractivity contribution in [2.75, 3.05) is 0 Å². The number of oxime groups is 1. The maximum Gasteiger partial charge on any atom is 0.197 e. The summed E-state index contributed by atoms with van der Waals surface area (Å²) in [6.45, 7) is 0. The van der Waals surface area contributed by atoms with Crippen molar-refractivity contribution in [2.24, 2.45) is 5.16 Å². The molecule has 0 saturated carbocycles. The lowest BCUT2D eigenvalue weighted by Crippen LogP contribution is -2.03. The molecule has 1 aromatic heterocycles. The highest BCUT2D eigenvalue weighted by molar-refractivity contribution is 6.15.